The molecule has 8 nitrogen and oxygen atoms in total. The van der Waals surface area contributed by atoms with Crippen molar-refractivity contribution in [3.63, 3.8) is 0 Å². The first-order chi connectivity index (χ1) is 12.9. The van der Waals surface area contributed by atoms with E-state index in [1.165, 1.54) is 19.2 Å². The van der Waals surface area contributed by atoms with E-state index in [-0.39, 0.29) is 23.5 Å². The quantitative estimate of drug-likeness (QED) is 0.361. The number of non-ortho nitro benzene ring substituents is 1. The Labute approximate surface area is 159 Å². The number of hydrogen-bond donors (Lipinski definition) is 2. The van der Waals surface area contributed by atoms with Crippen LogP contribution in [-0.4, -0.2) is 29.6 Å². The summed E-state index contributed by atoms with van der Waals surface area (Å²) < 4.78 is 10.2. The number of nitro groups is 1. The third-order valence-corrected chi connectivity index (χ3v) is 4.24. The Morgan fingerprint density at radius 2 is 2.04 bits per heavy atom. The number of carbonyl (C=O) groups is 1. The van der Waals surface area contributed by atoms with Crippen molar-refractivity contribution in [1.29, 1.82) is 0 Å². The van der Waals surface area contributed by atoms with Crippen LogP contribution in [0.15, 0.2) is 36.4 Å². The molecule has 1 heterocycles. The average Bonchev–Trinajstić information content (AvgIpc) is 3.09. The van der Waals surface area contributed by atoms with Crippen molar-refractivity contribution in [2.45, 2.75) is 6.92 Å². The molecule has 0 aliphatic carbocycles. The second-order valence-electron chi connectivity index (χ2n) is 5.55. The molecule has 0 aliphatic rings. The fraction of sp³-hybridized carbons (Fsp3) is 0.167. The number of fused-ring (bicyclic) bond motifs is 1. The van der Waals surface area contributed by atoms with Gasteiger partial charge < -0.3 is 19.8 Å². The number of halogens is 1. The number of hydrogen-bond acceptors (Lipinski definition) is 6. The second kappa shape index (κ2) is 7.55. The summed E-state index contributed by atoms with van der Waals surface area (Å²) in [7, 11) is 1.54. The van der Waals surface area contributed by atoms with E-state index in [1.807, 2.05) is 0 Å². The number of aromatic amines is 1. The Kier molecular flexibility index (Phi) is 5.18. The number of aromatic nitrogens is 1. The first-order valence-electron chi connectivity index (χ1n) is 8.02. The third-order valence-electron chi connectivity index (χ3n) is 3.91. The standard InChI is InChI=1S/C18H16ClN3O5/c1-3-27-18(23)15-9-11-13(6-7-16(22(24)25)17(11)21-15)20-14-8-10(26-2)4-5-12(14)19/h4-9,20-21H,3H2,1-2H3. The molecule has 0 saturated heterocycles. The highest BCUT2D eigenvalue weighted by atomic mass is 35.5. The highest BCUT2D eigenvalue weighted by Gasteiger charge is 2.21. The van der Waals surface area contributed by atoms with Gasteiger partial charge in [-0.3, -0.25) is 10.1 Å². The molecule has 0 spiro atoms. The topological polar surface area (TPSA) is 106 Å². The van der Waals surface area contributed by atoms with Crippen LogP contribution in [0.2, 0.25) is 5.02 Å². The summed E-state index contributed by atoms with van der Waals surface area (Å²) in [5.41, 5.74) is 1.29. The van der Waals surface area contributed by atoms with Gasteiger partial charge in [0.1, 0.15) is 17.0 Å². The predicted octanol–water partition coefficient (Wildman–Crippen LogP) is 4.66. The normalized spacial score (nSPS) is 10.6. The molecular weight excluding hydrogens is 374 g/mol. The number of H-pyrrole nitrogens is 1. The molecule has 0 unspecified atom stereocenters. The van der Waals surface area contributed by atoms with Gasteiger partial charge in [0.05, 0.1) is 29.4 Å². The van der Waals surface area contributed by atoms with Crippen LogP contribution >= 0.6 is 11.6 Å². The fourth-order valence-electron chi connectivity index (χ4n) is 2.66. The smallest absolute Gasteiger partial charge is 0.354 e. The molecule has 3 rings (SSSR count). The highest BCUT2D eigenvalue weighted by Crippen LogP contribution is 2.36. The molecule has 2 aromatic carbocycles. The molecule has 0 fully saturated rings. The second-order valence-corrected chi connectivity index (χ2v) is 5.96. The number of methoxy groups -OCH3 is 1. The first-order valence-corrected chi connectivity index (χ1v) is 8.40. The van der Waals surface area contributed by atoms with Crippen molar-refractivity contribution in [3.8, 4) is 5.75 Å². The maximum atomic E-state index is 12.0. The number of esters is 1. The number of nitrogens with zero attached hydrogens (tertiary/aromatic N) is 1. The summed E-state index contributed by atoms with van der Waals surface area (Å²) in [4.78, 5) is 25.6. The maximum Gasteiger partial charge on any atom is 0.354 e. The van der Waals surface area contributed by atoms with E-state index in [2.05, 4.69) is 10.3 Å². The van der Waals surface area contributed by atoms with Crippen LogP contribution in [0.25, 0.3) is 10.9 Å². The van der Waals surface area contributed by atoms with E-state index in [9.17, 15) is 14.9 Å². The van der Waals surface area contributed by atoms with Crippen molar-refractivity contribution in [2.75, 3.05) is 19.0 Å². The van der Waals surface area contributed by atoms with Gasteiger partial charge in [0.25, 0.3) is 5.69 Å². The molecule has 0 saturated carbocycles. The van der Waals surface area contributed by atoms with E-state index in [1.54, 1.807) is 31.2 Å². The molecule has 0 aliphatic heterocycles. The van der Waals surface area contributed by atoms with Gasteiger partial charge in [-0.05, 0) is 31.2 Å². The fourth-order valence-corrected chi connectivity index (χ4v) is 2.82. The minimum Gasteiger partial charge on any atom is -0.497 e. The summed E-state index contributed by atoms with van der Waals surface area (Å²) in [6, 6.07) is 9.51. The van der Waals surface area contributed by atoms with Crippen LogP contribution in [0.3, 0.4) is 0 Å². The van der Waals surface area contributed by atoms with Gasteiger partial charge in [-0.15, -0.1) is 0 Å². The number of anilines is 2. The van der Waals surface area contributed by atoms with Gasteiger partial charge in [-0.25, -0.2) is 4.79 Å². The van der Waals surface area contributed by atoms with Gasteiger partial charge >= 0.3 is 5.97 Å². The molecule has 0 bridgehead atoms. The van der Waals surface area contributed by atoms with Gasteiger partial charge in [-0.1, -0.05) is 11.6 Å². The number of benzene rings is 2. The number of rotatable bonds is 6. The summed E-state index contributed by atoms with van der Waals surface area (Å²) in [5.74, 6) is 0.00898. The van der Waals surface area contributed by atoms with E-state index in [0.717, 1.165) is 0 Å². The number of carbonyl (C=O) groups excluding carboxylic acids is 1. The molecule has 3 aromatic rings. The Morgan fingerprint density at radius 1 is 1.26 bits per heavy atom. The van der Waals surface area contributed by atoms with Crippen molar-refractivity contribution in [3.05, 3.63) is 57.2 Å². The zero-order chi connectivity index (χ0) is 19.6. The molecule has 9 heteroatoms. The van der Waals surface area contributed by atoms with E-state index >= 15 is 0 Å². The highest BCUT2D eigenvalue weighted by molar-refractivity contribution is 6.33. The van der Waals surface area contributed by atoms with Crippen LogP contribution in [0, 0.1) is 10.1 Å². The van der Waals surface area contributed by atoms with Crippen LogP contribution in [0.5, 0.6) is 5.75 Å². The van der Waals surface area contributed by atoms with E-state index < -0.39 is 10.9 Å². The zero-order valence-corrected chi connectivity index (χ0v) is 15.3. The first kappa shape index (κ1) is 18.5. The van der Waals surface area contributed by atoms with Gasteiger partial charge in [0.15, 0.2) is 0 Å². The van der Waals surface area contributed by atoms with Crippen LogP contribution in [0.4, 0.5) is 17.1 Å². The lowest BCUT2D eigenvalue weighted by Crippen LogP contribution is -2.04. The minimum atomic E-state index is -0.589. The molecule has 27 heavy (non-hydrogen) atoms. The lowest BCUT2D eigenvalue weighted by molar-refractivity contribution is -0.383. The molecule has 140 valence electrons. The van der Waals surface area contributed by atoms with Gasteiger partial charge in [0.2, 0.25) is 0 Å². The predicted molar refractivity (Wildman–Crippen MR) is 102 cm³/mol. The molecule has 0 atom stereocenters. The molecule has 2 N–H and O–H groups in total. The Morgan fingerprint density at radius 3 is 2.70 bits per heavy atom. The molecule has 0 amide bonds. The monoisotopic (exact) mass is 389 g/mol. The minimum absolute atomic E-state index is 0.126. The SMILES string of the molecule is CCOC(=O)c1cc2c(Nc3cc(OC)ccc3Cl)ccc([N+](=O)[O-])c2[nH]1. The lowest BCUT2D eigenvalue weighted by atomic mass is 10.1. The Hall–Kier alpha value is -3.26. The van der Waals surface area contributed by atoms with Gasteiger partial charge in [0, 0.05) is 23.2 Å². The summed E-state index contributed by atoms with van der Waals surface area (Å²) >= 11 is 6.22. The lowest BCUT2D eigenvalue weighted by Gasteiger charge is -2.11. The van der Waals surface area contributed by atoms with Crippen LogP contribution in [0.1, 0.15) is 17.4 Å². The van der Waals surface area contributed by atoms with Crippen molar-refractivity contribution in [1.82, 2.24) is 4.98 Å². The molecule has 1 aromatic heterocycles. The van der Waals surface area contributed by atoms with Crippen molar-refractivity contribution < 1.29 is 19.2 Å². The average molecular weight is 390 g/mol. The van der Waals surface area contributed by atoms with Crippen molar-refractivity contribution in [2.24, 2.45) is 0 Å². The largest absolute Gasteiger partial charge is 0.497 e. The molecule has 0 radical (unpaired) electrons. The Balaban J connectivity index is 2.12. The zero-order valence-electron chi connectivity index (χ0n) is 14.5. The maximum absolute atomic E-state index is 12.0. The third kappa shape index (κ3) is 3.65. The summed E-state index contributed by atoms with van der Waals surface area (Å²) in [5, 5.41) is 15.4. The Bertz CT molecular complexity index is 1030. The molecular formula is C18H16ClN3O5. The van der Waals surface area contributed by atoms with E-state index in [4.69, 9.17) is 21.1 Å². The van der Waals surface area contributed by atoms with E-state index in [0.29, 0.717) is 27.5 Å². The number of nitrogens with one attached hydrogen (secondary N) is 2. The van der Waals surface area contributed by atoms with Crippen molar-refractivity contribution >= 4 is 45.5 Å². The van der Waals surface area contributed by atoms with Gasteiger partial charge in [-0.2, -0.15) is 0 Å². The number of ether oxygens (including phenoxy) is 2. The van der Waals surface area contributed by atoms with Crippen LogP contribution < -0.4 is 10.1 Å². The van der Waals surface area contributed by atoms with Crippen LogP contribution in [-0.2, 0) is 4.74 Å². The summed E-state index contributed by atoms with van der Waals surface area (Å²) in [6.45, 7) is 1.88. The number of nitro benzene ring substituents is 1. The summed E-state index contributed by atoms with van der Waals surface area (Å²) in [6.07, 6.45) is 0.